The van der Waals surface area contributed by atoms with E-state index in [1.165, 1.54) is 32.4 Å². The summed E-state index contributed by atoms with van der Waals surface area (Å²) >= 11 is 0. The SMILES string of the molecule is CC(O)CN1CCCCC1.COc1cc(-c2ccc(C#N)cc2)c(-c2cnc3ccoc3c2)n2cncc12. The van der Waals surface area contributed by atoms with Crippen molar-refractivity contribution in [2.75, 3.05) is 26.7 Å². The van der Waals surface area contributed by atoms with Gasteiger partial charge in [-0.2, -0.15) is 5.26 Å². The highest BCUT2D eigenvalue weighted by atomic mass is 16.5. The Bertz CT molecular complexity index is 1560. The Morgan fingerprint density at radius 2 is 1.87 bits per heavy atom. The van der Waals surface area contributed by atoms with Crippen molar-refractivity contribution in [2.24, 2.45) is 0 Å². The topological polar surface area (TPSA) is 99.8 Å². The molecule has 1 aliphatic rings. The molecule has 38 heavy (non-hydrogen) atoms. The fourth-order valence-corrected chi connectivity index (χ4v) is 4.95. The molecule has 1 unspecified atom stereocenters. The molecule has 0 bridgehead atoms. The van der Waals surface area contributed by atoms with Crippen molar-refractivity contribution in [2.45, 2.75) is 32.3 Å². The lowest BCUT2D eigenvalue weighted by Gasteiger charge is -2.27. The van der Waals surface area contributed by atoms with Gasteiger partial charge in [-0.3, -0.25) is 9.38 Å². The van der Waals surface area contributed by atoms with E-state index in [0.29, 0.717) is 16.9 Å². The van der Waals surface area contributed by atoms with Gasteiger partial charge in [0.15, 0.2) is 5.58 Å². The zero-order valence-electron chi connectivity index (χ0n) is 21.7. The largest absolute Gasteiger partial charge is 0.494 e. The lowest BCUT2D eigenvalue weighted by atomic mass is 9.98. The van der Waals surface area contributed by atoms with Gasteiger partial charge in [-0.05, 0) is 62.7 Å². The molecule has 1 aromatic carbocycles. The molecule has 1 N–H and O–H groups in total. The molecule has 6 rings (SSSR count). The van der Waals surface area contributed by atoms with Crippen molar-refractivity contribution < 1.29 is 14.3 Å². The summed E-state index contributed by atoms with van der Waals surface area (Å²) in [6.45, 7) is 5.09. The van der Waals surface area contributed by atoms with E-state index in [2.05, 4.69) is 20.9 Å². The average molecular weight is 510 g/mol. The number of fused-ring (bicyclic) bond motifs is 2. The molecule has 8 nitrogen and oxygen atoms in total. The second-order valence-electron chi connectivity index (χ2n) is 9.55. The number of pyridine rings is 2. The number of imidazole rings is 1. The summed E-state index contributed by atoms with van der Waals surface area (Å²) in [7, 11) is 1.64. The number of hydrogen-bond acceptors (Lipinski definition) is 7. The van der Waals surface area contributed by atoms with E-state index in [1.807, 2.05) is 47.9 Å². The van der Waals surface area contributed by atoms with Crippen molar-refractivity contribution in [3.05, 3.63) is 73.0 Å². The average Bonchev–Trinajstić information content (AvgIpc) is 3.62. The van der Waals surface area contributed by atoms with Gasteiger partial charge in [0.2, 0.25) is 0 Å². The van der Waals surface area contributed by atoms with Gasteiger partial charge in [-0.15, -0.1) is 0 Å². The quantitative estimate of drug-likeness (QED) is 0.332. The Balaban J connectivity index is 0.000000249. The molecule has 5 heterocycles. The van der Waals surface area contributed by atoms with E-state index in [0.717, 1.165) is 40.0 Å². The number of ether oxygens (including phenoxy) is 1. The Labute approximate surface area is 221 Å². The van der Waals surface area contributed by atoms with Crippen LogP contribution in [0.5, 0.6) is 5.75 Å². The number of rotatable bonds is 5. The minimum absolute atomic E-state index is 0.155. The summed E-state index contributed by atoms with van der Waals surface area (Å²) < 4.78 is 13.1. The molecule has 194 valence electrons. The van der Waals surface area contributed by atoms with Crippen LogP contribution >= 0.6 is 0 Å². The van der Waals surface area contributed by atoms with Crippen LogP contribution in [0, 0.1) is 11.3 Å². The predicted molar refractivity (Wildman–Crippen MR) is 147 cm³/mol. The van der Waals surface area contributed by atoms with Crippen LogP contribution in [0.4, 0.5) is 0 Å². The maximum atomic E-state index is 9.11. The predicted octanol–water partition coefficient (Wildman–Crippen LogP) is 5.54. The van der Waals surface area contributed by atoms with E-state index in [1.54, 1.807) is 38.0 Å². The number of piperidine rings is 1. The summed E-state index contributed by atoms with van der Waals surface area (Å²) in [6.07, 6.45) is 10.8. The third-order valence-electron chi connectivity index (χ3n) is 6.75. The zero-order valence-corrected chi connectivity index (χ0v) is 21.7. The number of nitrogens with zero attached hydrogens (tertiary/aromatic N) is 5. The number of hydrogen-bond donors (Lipinski definition) is 1. The van der Waals surface area contributed by atoms with Crippen LogP contribution in [0.1, 0.15) is 31.7 Å². The number of nitriles is 1. The van der Waals surface area contributed by atoms with Gasteiger partial charge in [0.1, 0.15) is 16.8 Å². The molecule has 0 spiro atoms. The first kappa shape index (κ1) is 25.5. The lowest BCUT2D eigenvalue weighted by Crippen LogP contribution is -2.35. The van der Waals surface area contributed by atoms with Crippen LogP contribution in [0.3, 0.4) is 0 Å². The Morgan fingerprint density at radius 1 is 1.08 bits per heavy atom. The van der Waals surface area contributed by atoms with Crippen molar-refractivity contribution >= 4 is 16.6 Å². The summed E-state index contributed by atoms with van der Waals surface area (Å²) in [5.74, 6) is 0.715. The number of likely N-dealkylation sites (tertiary alicyclic amines) is 1. The van der Waals surface area contributed by atoms with Gasteiger partial charge in [-0.25, -0.2) is 4.98 Å². The maximum Gasteiger partial charge on any atom is 0.152 e. The van der Waals surface area contributed by atoms with Crippen molar-refractivity contribution in [1.82, 2.24) is 19.3 Å². The van der Waals surface area contributed by atoms with E-state index in [-0.39, 0.29) is 6.10 Å². The fourth-order valence-electron chi connectivity index (χ4n) is 4.95. The van der Waals surface area contributed by atoms with Crippen LogP contribution in [0.2, 0.25) is 0 Å². The summed E-state index contributed by atoms with van der Waals surface area (Å²) in [5, 5.41) is 18.2. The molecule has 1 aliphatic heterocycles. The Morgan fingerprint density at radius 3 is 2.58 bits per heavy atom. The van der Waals surface area contributed by atoms with Crippen LogP contribution < -0.4 is 4.74 Å². The van der Waals surface area contributed by atoms with E-state index >= 15 is 0 Å². The molecule has 1 atom stereocenters. The van der Waals surface area contributed by atoms with E-state index in [9.17, 15) is 0 Å². The molecule has 8 heteroatoms. The normalized spacial score (nSPS) is 14.6. The van der Waals surface area contributed by atoms with E-state index < -0.39 is 0 Å². The van der Waals surface area contributed by atoms with Crippen LogP contribution in [-0.4, -0.2) is 57.2 Å². The van der Waals surface area contributed by atoms with Gasteiger partial charge in [0.25, 0.3) is 0 Å². The number of benzene rings is 1. The van der Waals surface area contributed by atoms with Crippen LogP contribution in [0.25, 0.3) is 39.0 Å². The Hall–Kier alpha value is -4.19. The first-order valence-electron chi connectivity index (χ1n) is 12.8. The van der Waals surface area contributed by atoms with E-state index in [4.69, 9.17) is 19.5 Å². The maximum absolute atomic E-state index is 9.11. The number of methoxy groups -OCH3 is 1. The number of aliphatic hydroxyl groups excluding tert-OH is 1. The van der Waals surface area contributed by atoms with Crippen molar-refractivity contribution in [3.63, 3.8) is 0 Å². The zero-order chi connectivity index (χ0) is 26.5. The van der Waals surface area contributed by atoms with Gasteiger partial charge in [0, 0.05) is 29.9 Å². The summed E-state index contributed by atoms with van der Waals surface area (Å²) in [5.41, 5.74) is 6.71. The molecule has 0 aliphatic carbocycles. The molecular weight excluding hydrogens is 478 g/mol. The molecule has 1 saturated heterocycles. The summed E-state index contributed by atoms with van der Waals surface area (Å²) in [6, 6.07) is 15.4. The lowest BCUT2D eigenvalue weighted by molar-refractivity contribution is 0.114. The highest BCUT2D eigenvalue weighted by Gasteiger charge is 2.18. The Kier molecular flexibility index (Phi) is 7.68. The highest BCUT2D eigenvalue weighted by molar-refractivity contribution is 5.88. The third-order valence-corrected chi connectivity index (χ3v) is 6.75. The number of furan rings is 1. The standard InChI is InChI=1S/C22H14N4O2.C8H17NO/c1-27-21-9-17(15-4-2-14(10-23)3-5-15)22(26-13-24-12-19(21)26)16-8-20-18(25-11-16)6-7-28-20;1-8(10)7-9-5-3-2-4-6-9/h2-9,11-13H,1H3;8,10H,2-7H2,1H3. The molecule has 0 radical (unpaired) electrons. The smallest absolute Gasteiger partial charge is 0.152 e. The van der Waals surface area contributed by atoms with Gasteiger partial charge < -0.3 is 19.2 Å². The first-order valence-corrected chi connectivity index (χ1v) is 12.8. The van der Waals surface area contributed by atoms with Gasteiger partial charge >= 0.3 is 0 Å². The third kappa shape index (κ3) is 5.40. The molecule has 5 aromatic rings. The number of aromatic nitrogens is 3. The van der Waals surface area contributed by atoms with Crippen LogP contribution in [0.15, 0.2) is 71.9 Å². The molecule has 0 amide bonds. The summed E-state index contributed by atoms with van der Waals surface area (Å²) in [4.78, 5) is 11.2. The monoisotopic (exact) mass is 509 g/mol. The number of β-amino-alcohol motifs (C(OH)–C–C–N with tert-alkyl or cyclic N) is 1. The minimum atomic E-state index is -0.155. The van der Waals surface area contributed by atoms with Crippen molar-refractivity contribution in [1.29, 1.82) is 5.26 Å². The molecular formula is C30H31N5O3. The van der Waals surface area contributed by atoms with Gasteiger partial charge in [0.05, 0.1) is 49.3 Å². The second kappa shape index (κ2) is 11.5. The van der Waals surface area contributed by atoms with Crippen molar-refractivity contribution in [3.8, 4) is 34.2 Å². The molecule has 4 aromatic heterocycles. The van der Waals surface area contributed by atoms with Gasteiger partial charge in [-0.1, -0.05) is 18.6 Å². The highest BCUT2D eigenvalue weighted by Crippen LogP contribution is 2.38. The number of aliphatic hydroxyl groups is 1. The second-order valence-corrected chi connectivity index (χ2v) is 9.55. The minimum Gasteiger partial charge on any atom is -0.494 e. The molecule has 1 fully saturated rings. The molecule has 0 saturated carbocycles. The fraction of sp³-hybridized carbons (Fsp3) is 0.300. The van der Waals surface area contributed by atoms with Crippen LogP contribution in [-0.2, 0) is 0 Å². The first-order chi connectivity index (χ1) is 18.6.